The summed E-state index contributed by atoms with van der Waals surface area (Å²) in [6.45, 7) is 6.57. The molecular formula is C19H24N2O7. The number of ketones is 1. The molecule has 0 saturated carbocycles. The topological polar surface area (TPSA) is 116 Å². The van der Waals surface area contributed by atoms with Crippen molar-refractivity contribution in [3.05, 3.63) is 39.4 Å². The van der Waals surface area contributed by atoms with Crippen LogP contribution in [0.2, 0.25) is 0 Å². The van der Waals surface area contributed by atoms with E-state index in [0.29, 0.717) is 24.9 Å². The van der Waals surface area contributed by atoms with Crippen molar-refractivity contribution >= 4 is 23.5 Å². The Labute approximate surface area is 162 Å². The summed E-state index contributed by atoms with van der Waals surface area (Å²) in [7, 11) is 0. The number of nitrogens with zero attached hydrogens (tertiary/aromatic N) is 2. The lowest BCUT2D eigenvalue weighted by Gasteiger charge is -2.27. The number of hydrogen-bond donors (Lipinski definition) is 0. The zero-order valence-corrected chi connectivity index (χ0v) is 16.4. The number of nitro benzene ring substituents is 1. The summed E-state index contributed by atoms with van der Waals surface area (Å²) in [6, 6.07) is 3.26. The first-order valence-corrected chi connectivity index (χ1v) is 8.94. The first-order chi connectivity index (χ1) is 13.0. The number of aryl methyl sites for hydroxylation is 1. The molecule has 0 aromatic heterocycles. The number of esters is 1. The highest BCUT2D eigenvalue weighted by atomic mass is 16.6. The zero-order valence-electron chi connectivity index (χ0n) is 16.4. The third-order valence-corrected chi connectivity index (χ3v) is 4.23. The van der Waals surface area contributed by atoms with Crippen LogP contribution in [0.25, 0.3) is 0 Å². The second-order valence-electron chi connectivity index (χ2n) is 7.62. The molecule has 28 heavy (non-hydrogen) atoms. The van der Waals surface area contributed by atoms with Crippen LogP contribution < -0.4 is 0 Å². The molecular weight excluding hydrogens is 368 g/mol. The summed E-state index contributed by atoms with van der Waals surface area (Å²) in [5, 5.41) is 11.0. The van der Waals surface area contributed by atoms with Crippen molar-refractivity contribution < 1.29 is 28.8 Å². The van der Waals surface area contributed by atoms with E-state index in [1.165, 1.54) is 17.0 Å². The monoisotopic (exact) mass is 392 g/mol. The highest BCUT2D eigenvalue weighted by Gasteiger charge is 2.37. The fourth-order valence-corrected chi connectivity index (χ4v) is 2.85. The molecule has 1 fully saturated rings. The van der Waals surface area contributed by atoms with Gasteiger partial charge in [0.25, 0.3) is 5.69 Å². The molecule has 9 nitrogen and oxygen atoms in total. The molecule has 1 aliphatic rings. The number of nitro groups is 1. The van der Waals surface area contributed by atoms with Gasteiger partial charge >= 0.3 is 12.1 Å². The smallest absolute Gasteiger partial charge is 0.411 e. The van der Waals surface area contributed by atoms with Crippen molar-refractivity contribution in [3.8, 4) is 0 Å². The summed E-state index contributed by atoms with van der Waals surface area (Å²) in [6.07, 6.45) is 0.437. The average molecular weight is 392 g/mol. The molecule has 1 saturated heterocycles. The van der Waals surface area contributed by atoms with E-state index in [-0.39, 0.29) is 11.3 Å². The van der Waals surface area contributed by atoms with Gasteiger partial charge in [0.2, 0.25) is 5.78 Å². The summed E-state index contributed by atoms with van der Waals surface area (Å²) in [5.41, 5.74) is -0.355. The van der Waals surface area contributed by atoms with Crippen LogP contribution in [0.3, 0.4) is 0 Å². The van der Waals surface area contributed by atoms with Gasteiger partial charge in [0.05, 0.1) is 4.92 Å². The van der Waals surface area contributed by atoms with Gasteiger partial charge in [-0.2, -0.15) is 0 Å². The number of carbonyl (C=O) groups excluding carboxylic acids is 3. The minimum atomic E-state index is -0.810. The van der Waals surface area contributed by atoms with Gasteiger partial charge in [0.1, 0.15) is 11.6 Å². The van der Waals surface area contributed by atoms with Gasteiger partial charge in [-0.25, -0.2) is 9.59 Å². The Balaban J connectivity index is 1.99. The molecule has 0 unspecified atom stereocenters. The van der Waals surface area contributed by atoms with Gasteiger partial charge < -0.3 is 9.47 Å². The van der Waals surface area contributed by atoms with Crippen LogP contribution in [0.4, 0.5) is 10.5 Å². The standard InChI is InChI=1S/C19H24N2O7/c1-12-7-8-13(10-15(12)21(25)26)16(22)11-27-17(23)14-6-5-9-20(14)18(24)28-19(2,3)4/h7-8,10,14H,5-6,9,11H2,1-4H3/t14-/m0/s1. The number of benzene rings is 1. The van der Waals surface area contributed by atoms with E-state index in [2.05, 4.69) is 0 Å². The van der Waals surface area contributed by atoms with Gasteiger partial charge in [0.15, 0.2) is 6.61 Å². The Morgan fingerprint density at radius 3 is 2.57 bits per heavy atom. The maximum Gasteiger partial charge on any atom is 0.411 e. The van der Waals surface area contributed by atoms with Crippen LogP contribution in [-0.4, -0.2) is 52.5 Å². The number of rotatable bonds is 5. The van der Waals surface area contributed by atoms with Gasteiger partial charge in [-0.15, -0.1) is 0 Å². The number of amides is 1. The van der Waals surface area contributed by atoms with Crippen molar-refractivity contribution in [1.29, 1.82) is 0 Å². The van der Waals surface area contributed by atoms with E-state index in [0.717, 1.165) is 6.07 Å². The Morgan fingerprint density at radius 2 is 1.96 bits per heavy atom. The van der Waals surface area contributed by atoms with E-state index in [4.69, 9.17) is 9.47 Å². The SMILES string of the molecule is Cc1ccc(C(=O)COC(=O)[C@@H]2CCCN2C(=O)OC(C)(C)C)cc1[N+](=O)[O-]. The molecule has 0 bridgehead atoms. The van der Waals surface area contributed by atoms with Gasteiger partial charge in [0, 0.05) is 23.7 Å². The van der Waals surface area contributed by atoms with E-state index < -0.39 is 41.0 Å². The second kappa shape index (κ2) is 8.37. The van der Waals surface area contributed by atoms with Crippen LogP contribution in [0, 0.1) is 17.0 Å². The third-order valence-electron chi connectivity index (χ3n) is 4.23. The quantitative estimate of drug-likeness (QED) is 0.327. The zero-order chi connectivity index (χ0) is 21.1. The minimum absolute atomic E-state index is 0.0838. The van der Waals surface area contributed by atoms with Crippen LogP contribution in [-0.2, 0) is 14.3 Å². The lowest BCUT2D eigenvalue weighted by molar-refractivity contribution is -0.385. The highest BCUT2D eigenvalue weighted by Crippen LogP contribution is 2.23. The summed E-state index contributed by atoms with van der Waals surface area (Å²) < 4.78 is 10.4. The number of Topliss-reactive ketones (excluding diaryl/α,β-unsaturated/α-hetero) is 1. The molecule has 1 aromatic carbocycles. The molecule has 0 N–H and O–H groups in total. The highest BCUT2D eigenvalue weighted by molar-refractivity contribution is 5.99. The number of carbonyl (C=O) groups is 3. The molecule has 9 heteroatoms. The molecule has 1 aromatic rings. The van der Waals surface area contributed by atoms with E-state index >= 15 is 0 Å². The largest absolute Gasteiger partial charge is 0.456 e. The second-order valence-corrected chi connectivity index (χ2v) is 7.62. The van der Waals surface area contributed by atoms with E-state index in [9.17, 15) is 24.5 Å². The fourth-order valence-electron chi connectivity index (χ4n) is 2.85. The van der Waals surface area contributed by atoms with Crippen molar-refractivity contribution in [1.82, 2.24) is 4.90 Å². The summed E-state index contributed by atoms with van der Waals surface area (Å²) in [4.78, 5) is 48.6. The maximum atomic E-state index is 12.4. The molecule has 1 heterocycles. The Hall–Kier alpha value is -2.97. The normalized spacial score (nSPS) is 16.6. The Bertz CT molecular complexity index is 798. The lowest BCUT2D eigenvalue weighted by Crippen LogP contribution is -2.44. The number of likely N-dealkylation sites (tertiary alicyclic amines) is 1. The molecule has 152 valence electrons. The average Bonchev–Trinajstić information content (AvgIpc) is 3.08. The minimum Gasteiger partial charge on any atom is -0.456 e. The molecule has 0 radical (unpaired) electrons. The number of ether oxygens (including phenoxy) is 2. The van der Waals surface area contributed by atoms with Gasteiger partial charge in [-0.3, -0.25) is 19.8 Å². The molecule has 2 rings (SSSR count). The third kappa shape index (κ3) is 5.28. The van der Waals surface area contributed by atoms with E-state index in [1.54, 1.807) is 27.7 Å². The van der Waals surface area contributed by atoms with Gasteiger partial charge in [-0.05, 0) is 40.5 Å². The lowest BCUT2D eigenvalue weighted by atomic mass is 10.1. The molecule has 1 aliphatic heterocycles. The molecule has 1 atom stereocenters. The van der Waals surface area contributed by atoms with Crippen LogP contribution >= 0.6 is 0 Å². The van der Waals surface area contributed by atoms with Crippen LogP contribution in [0.1, 0.15) is 49.5 Å². The fraction of sp³-hybridized carbons (Fsp3) is 0.526. The van der Waals surface area contributed by atoms with Crippen molar-refractivity contribution in [2.75, 3.05) is 13.2 Å². The Kier molecular flexibility index (Phi) is 6.37. The number of hydrogen-bond acceptors (Lipinski definition) is 7. The summed E-state index contributed by atoms with van der Waals surface area (Å²) in [5.74, 6) is -1.25. The van der Waals surface area contributed by atoms with Crippen molar-refractivity contribution in [2.24, 2.45) is 0 Å². The maximum absolute atomic E-state index is 12.4. The van der Waals surface area contributed by atoms with Gasteiger partial charge in [-0.1, -0.05) is 12.1 Å². The van der Waals surface area contributed by atoms with Crippen molar-refractivity contribution in [3.63, 3.8) is 0 Å². The Morgan fingerprint density at radius 1 is 1.29 bits per heavy atom. The van der Waals surface area contributed by atoms with Crippen LogP contribution in [0.5, 0.6) is 0 Å². The predicted molar refractivity (Wildman–Crippen MR) is 99.1 cm³/mol. The predicted octanol–water partition coefficient (Wildman–Crippen LogP) is 3.03. The van der Waals surface area contributed by atoms with Crippen LogP contribution in [0.15, 0.2) is 18.2 Å². The molecule has 0 aliphatic carbocycles. The van der Waals surface area contributed by atoms with Crippen molar-refractivity contribution in [2.45, 2.75) is 52.2 Å². The molecule has 0 spiro atoms. The first-order valence-electron chi connectivity index (χ1n) is 8.94. The first kappa shape index (κ1) is 21.3. The summed E-state index contributed by atoms with van der Waals surface area (Å²) >= 11 is 0. The molecule has 1 amide bonds. The van der Waals surface area contributed by atoms with E-state index in [1.807, 2.05) is 0 Å².